The molecule has 1 saturated heterocycles. The van der Waals surface area contributed by atoms with Gasteiger partial charge in [0.05, 0.1) is 6.04 Å². The minimum absolute atomic E-state index is 0.0431. The number of carbonyl (C=O) groups is 2. The molecular formula is C23H35N3O3. The number of pyridine rings is 1. The third-order valence-corrected chi connectivity index (χ3v) is 5.84. The fourth-order valence-corrected chi connectivity index (χ4v) is 4.56. The van der Waals surface area contributed by atoms with Crippen LogP contribution in [0.1, 0.15) is 90.7 Å². The van der Waals surface area contributed by atoms with E-state index in [9.17, 15) is 9.59 Å². The lowest BCUT2D eigenvalue weighted by atomic mass is 9.92. The van der Waals surface area contributed by atoms with Gasteiger partial charge in [0, 0.05) is 31.3 Å². The van der Waals surface area contributed by atoms with Gasteiger partial charge >= 0.3 is 6.09 Å². The second kappa shape index (κ2) is 9.14. The van der Waals surface area contributed by atoms with Gasteiger partial charge in [-0.2, -0.15) is 0 Å². The summed E-state index contributed by atoms with van der Waals surface area (Å²) in [5.74, 6) is 0.734. The smallest absolute Gasteiger partial charge is 0.416 e. The van der Waals surface area contributed by atoms with E-state index in [2.05, 4.69) is 4.98 Å². The molecule has 1 aliphatic heterocycles. The first-order valence-electron chi connectivity index (χ1n) is 11.0. The zero-order valence-corrected chi connectivity index (χ0v) is 18.3. The number of likely N-dealkylation sites (tertiary alicyclic amines) is 1. The average molecular weight is 402 g/mol. The van der Waals surface area contributed by atoms with E-state index in [1.54, 1.807) is 18.0 Å². The Morgan fingerprint density at radius 2 is 1.79 bits per heavy atom. The molecule has 1 saturated carbocycles. The van der Waals surface area contributed by atoms with Crippen molar-refractivity contribution < 1.29 is 14.3 Å². The number of piperidine rings is 1. The molecule has 2 amide bonds. The van der Waals surface area contributed by atoms with Crippen molar-refractivity contribution in [1.82, 2.24) is 9.88 Å². The topological polar surface area (TPSA) is 62.7 Å². The van der Waals surface area contributed by atoms with E-state index in [-0.39, 0.29) is 24.1 Å². The largest absolute Gasteiger partial charge is 0.443 e. The first kappa shape index (κ1) is 21.6. The van der Waals surface area contributed by atoms with E-state index in [0.29, 0.717) is 5.82 Å². The van der Waals surface area contributed by atoms with Gasteiger partial charge in [-0.1, -0.05) is 25.3 Å². The second-order valence-electron chi connectivity index (χ2n) is 9.28. The predicted octanol–water partition coefficient (Wildman–Crippen LogP) is 5.23. The molecule has 1 aromatic rings. The molecular weight excluding hydrogens is 366 g/mol. The summed E-state index contributed by atoms with van der Waals surface area (Å²) in [5, 5.41) is 0. The fourth-order valence-electron chi connectivity index (χ4n) is 4.56. The molecule has 2 fully saturated rings. The van der Waals surface area contributed by atoms with Gasteiger partial charge in [-0.05, 0) is 58.9 Å². The van der Waals surface area contributed by atoms with Crippen molar-refractivity contribution in [2.24, 2.45) is 0 Å². The van der Waals surface area contributed by atoms with E-state index in [1.165, 1.54) is 6.42 Å². The quantitative estimate of drug-likeness (QED) is 0.696. The molecule has 2 aliphatic rings. The number of amides is 2. The van der Waals surface area contributed by atoms with Crippen LogP contribution in [0.4, 0.5) is 10.6 Å². The summed E-state index contributed by atoms with van der Waals surface area (Å²) in [7, 11) is 0. The molecule has 29 heavy (non-hydrogen) atoms. The van der Waals surface area contributed by atoms with E-state index >= 15 is 0 Å². The summed E-state index contributed by atoms with van der Waals surface area (Å²) in [5.41, 5.74) is 0.383. The maximum Gasteiger partial charge on any atom is 0.416 e. The SMILES string of the molecule is CC(=O)N1CCCC[C@@H]1c1cccnc1N(C(=O)OC(C)(C)C)C1CCCCC1. The Labute approximate surface area is 174 Å². The highest BCUT2D eigenvalue weighted by Gasteiger charge is 2.36. The zero-order chi connectivity index (χ0) is 21.0. The summed E-state index contributed by atoms with van der Waals surface area (Å²) in [6.07, 6.45) is 9.70. The van der Waals surface area contributed by atoms with E-state index in [4.69, 9.17) is 4.74 Å². The molecule has 160 valence electrons. The first-order valence-corrected chi connectivity index (χ1v) is 11.0. The van der Waals surface area contributed by atoms with Gasteiger partial charge in [-0.15, -0.1) is 0 Å². The summed E-state index contributed by atoms with van der Waals surface area (Å²) in [4.78, 5) is 34.0. The van der Waals surface area contributed by atoms with Gasteiger partial charge in [-0.3, -0.25) is 9.69 Å². The van der Waals surface area contributed by atoms with Gasteiger partial charge < -0.3 is 9.64 Å². The number of rotatable bonds is 3. The van der Waals surface area contributed by atoms with E-state index in [0.717, 1.165) is 57.1 Å². The van der Waals surface area contributed by atoms with Crippen LogP contribution >= 0.6 is 0 Å². The maximum absolute atomic E-state index is 13.3. The van der Waals surface area contributed by atoms with Crippen LogP contribution in [0.2, 0.25) is 0 Å². The number of anilines is 1. The van der Waals surface area contributed by atoms with Crippen LogP contribution < -0.4 is 4.90 Å². The molecule has 3 rings (SSSR count). The Hall–Kier alpha value is -2.11. The molecule has 0 radical (unpaired) electrons. The number of hydrogen-bond acceptors (Lipinski definition) is 4. The fraction of sp³-hybridized carbons (Fsp3) is 0.696. The van der Waals surface area contributed by atoms with Crippen LogP contribution in [0.25, 0.3) is 0 Å². The van der Waals surface area contributed by atoms with Gasteiger partial charge in [0.15, 0.2) is 0 Å². The summed E-state index contributed by atoms with van der Waals surface area (Å²) in [6.45, 7) is 8.05. The van der Waals surface area contributed by atoms with Crippen LogP contribution in [-0.4, -0.2) is 40.1 Å². The Kier molecular flexibility index (Phi) is 6.81. The Morgan fingerprint density at radius 1 is 1.10 bits per heavy atom. The molecule has 0 spiro atoms. The Morgan fingerprint density at radius 3 is 2.45 bits per heavy atom. The van der Waals surface area contributed by atoms with Gasteiger partial charge in [-0.25, -0.2) is 9.78 Å². The van der Waals surface area contributed by atoms with Crippen LogP contribution in [-0.2, 0) is 9.53 Å². The maximum atomic E-state index is 13.3. The Balaban J connectivity index is 2.01. The summed E-state index contributed by atoms with van der Waals surface area (Å²) in [6, 6.07) is 3.97. The van der Waals surface area contributed by atoms with Crippen molar-refractivity contribution in [1.29, 1.82) is 0 Å². The Bertz CT molecular complexity index is 722. The third kappa shape index (κ3) is 5.28. The molecule has 1 atom stereocenters. The van der Waals surface area contributed by atoms with E-state index in [1.807, 2.05) is 37.8 Å². The summed E-state index contributed by atoms with van der Waals surface area (Å²) >= 11 is 0. The van der Waals surface area contributed by atoms with Crippen LogP contribution in [0.15, 0.2) is 18.3 Å². The average Bonchev–Trinajstić information content (AvgIpc) is 2.68. The lowest BCUT2D eigenvalue weighted by Gasteiger charge is -2.39. The monoisotopic (exact) mass is 401 g/mol. The van der Waals surface area contributed by atoms with Crippen molar-refractivity contribution >= 4 is 17.8 Å². The van der Waals surface area contributed by atoms with Crippen molar-refractivity contribution in [2.45, 2.75) is 96.7 Å². The van der Waals surface area contributed by atoms with Gasteiger partial charge in [0.25, 0.3) is 0 Å². The highest BCUT2D eigenvalue weighted by Crippen LogP contribution is 2.38. The minimum atomic E-state index is -0.574. The number of aromatic nitrogens is 1. The molecule has 6 nitrogen and oxygen atoms in total. The van der Waals surface area contributed by atoms with Crippen LogP contribution in [0.3, 0.4) is 0 Å². The van der Waals surface area contributed by atoms with Crippen LogP contribution in [0, 0.1) is 0 Å². The summed E-state index contributed by atoms with van der Waals surface area (Å²) < 4.78 is 5.79. The zero-order valence-electron chi connectivity index (χ0n) is 18.3. The van der Waals surface area contributed by atoms with Crippen molar-refractivity contribution in [3.05, 3.63) is 23.9 Å². The van der Waals surface area contributed by atoms with E-state index < -0.39 is 5.60 Å². The first-order chi connectivity index (χ1) is 13.8. The molecule has 0 aromatic carbocycles. The highest BCUT2D eigenvalue weighted by atomic mass is 16.6. The lowest BCUT2D eigenvalue weighted by molar-refractivity contribution is -0.132. The highest BCUT2D eigenvalue weighted by molar-refractivity contribution is 5.88. The molecule has 2 heterocycles. The molecule has 1 aromatic heterocycles. The molecule has 6 heteroatoms. The van der Waals surface area contributed by atoms with Crippen molar-refractivity contribution in [3.8, 4) is 0 Å². The van der Waals surface area contributed by atoms with Gasteiger partial charge in [0.2, 0.25) is 5.91 Å². The predicted molar refractivity (Wildman–Crippen MR) is 114 cm³/mol. The van der Waals surface area contributed by atoms with Gasteiger partial charge in [0.1, 0.15) is 11.4 Å². The molecule has 0 bridgehead atoms. The number of hydrogen-bond donors (Lipinski definition) is 0. The molecule has 0 unspecified atom stereocenters. The third-order valence-electron chi connectivity index (χ3n) is 5.84. The van der Waals surface area contributed by atoms with Crippen molar-refractivity contribution in [2.75, 3.05) is 11.4 Å². The number of nitrogens with zero attached hydrogens (tertiary/aromatic N) is 3. The lowest BCUT2D eigenvalue weighted by Crippen LogP contribution is -2.46. The van der Waals surface area contributed by atoms with Crippen LogP contribution in [0.5, 0.6) is 0 Å². The number of carbonyl (C=O) groups excluding carboxylic acids is 2. The molecule has 0 N–H and O–H groups in total. The number of ether oxygens (including phenoxy) is 1. The minimum Gasteiger partial charge on any atom is -0.443 e. The standard InChI is InChI=1S/C23H35N3O3/c1-17(27)25-16-9-8-14-20(25)19-13-10-15-24-21(19)26(18-11-6-5-7-12-18)22(28)29-23(2,3)4/h10,13,15,18,20H,5-9,11-12,14,16H2,1-4H3/t20-/m1/s1. The molecule has 1 aliphatic carbocycles. The second-order valence-corrected chi connectivity index (χ2v) is 9.28. The normalized spacial score (nSPS) is 21.0. The van der Waals surface area contributed by atoms with Crippen molar-refractivity contribution in [3.63, 3.8) is 0 Å².